The zero-order valence-electron chi connectivity index (χ0n) is 17.4. The molecular weight excluding hydrogens is 502 g/mol. The summed E-state index contributed by atoms with van der Waals surface area (Å²) < 4.78 is 69.3. The molecule has 0 unspecified atom stereocenters. The van der Waals surface area contributed by atoms with Crippen molar-refractivity contribution in [3.63, 3.8) is 0 Å². The number of rotatable bonds is 13. The lowest BCUT2D eigenvalue weighted by Gasteiger charge is -2.12. The highest BCUT2D eigenvalue weighted by Crippen LogP contribution is 2.34. The fourth-order valence-electron chi connectivity index (χ4n) is 2.42. The number of nitrogens with zero attached hydrogens (tertiary/aromatic N) is 2. The molecule has 0 radical (unpaired) electrons. The second-order valence-electron chi connectivity index (χ2n) is 6.29. The van der Waals surface area contributed by atoms with Crippen molar-refractivity contribution in [3.8, 4) is 5.75 Å². The van der Waals surface area contributed by atoms with E-state index in [0.717, 1.165) is 0 Å². The molecule has 0 saturated carbocycles. The Labute approximate surface area is 194 Å². The maximum atomic E-state index is 12.3. The summed E-state index contributed by atoms with van der Waals surface area (Å²) in [6.45, 7) is 1.52. The normalized spacial score (nSPS) is 12.2. The van der Waals surface area contributed by atoms with E-state index in [1.807, 2.05) is 0 Å². The van der Waals surface area contributed by atoms with Crippen molar-refractivity contribution in [2.24, 2.45) is 10.2 Å². The highest BCUT2D eigenvalue weighted by atomic mass is 32.2. The summed E-state index contributed by atoms with van der Waals surface area (Å²) in [7, 11) is -6.45. The summed E-state index contributed by atoms with van der Waals surface area (Å²) in [5.74, 6) is -0.725. The van der Waals surface area contributed by atoms with Gasteiger partial charge in [0.25, 0.3) is 10.1 Å². The molecule has 0 aromatic heterocycles. The summed E-state index contributed by atoms with van der Waals surface area (Å²) >= 11 is 0.289. The van der Waals surface area contributed by atoms with Gasteiger partial charge in [-0.25, -0.2) is 13.7 Å². The standard InChI is InChI=1S/C17H21N3O10S3/c1-12-9-16(18-11-33(24,25)26)17(27-2)10-15(12)20-19-13-3-5-14(6-4-13)32(22,23)8-7-28-31-30-29-21/h3-6,9-10,18,21H,7-8,11H2,1-2H3,(H,24,25,26). The summed E-state index contributed by atoms with van der Waals surface area (Å²) in [4.78, 5) is 0.0569. The van der Waals surface area contributed by atoms with Gasteiger partial charge < -0.3 is 10.1 Å². The lowest BCUT2D eigenvalue weighted by molar-refractivity contribution is -0.434. The van der Waals surface area contributed by atoms with Crippen molar-refractivity contribution in [1.29, 1.82) is 0 Å². The molecule has 0 spiro atoms. The van der Waals surface area contributed by atoms with Crippen LogP contribution in [0.3, 0.4) is 0 Å². The van der Waals surface area contributed by atoms with Crippen LogP contribution in [0.15, 0.2) is 51.5 Å². The Balaban J connectivity index is 2.10. The van der Waals surface area contributed by atoms with Gasteiger partial charge in [-0.1, -0.05) is 5.04 Å². The average molecular weight is 524 g/mol. The minimum absolute atomic E-state index is 0.0569. The van der Waals surface area contributed by atoms with Crippen LogP contribution in [-0.2, 0) is 33.5 Å². The predicted molar refractivity (Wildman–Crippen MR) is 119 cm³/mol. The molecule has 13 nitrogen and oxygen atoms in total. The van der Waals surface area contributed by atoms with Crippen LogP contribution in [0.5, 0.6) is 5.75 Å². The Morgan fingerprint density at radius 2 is 1.79 bits per heavy atom. The molecule has 2 rings (SSSR count). The van der Waals surface area contributed by atoms with Crippen LogP contribution < -0.4 is 10.1 Å². The predicted octanol–water partition coefficient (Wildman–Crippen LogP) is 3.45. The maximum absolute atomic E-state index is 12.3. The summed E-state index contributed by atoms with van der Waals surface area (Å²) in [5.41, 5.74) is 1.81. The molecule has 0 aliphatic carbocycles. The second-order valence-corrected chi connectivity index (χ2v) is 10.4. The zero-order chi connectivity index (χ0) is 24.5. The third kappa shape index (κ3) is 8.86. The molecule has 2 aromatic rings. The van der Waals surface area contributed by atoms with E-state index in [0.29, 0.717) is 22.6 Å². The molecule has 0 aliphatic heterocycles. The first-order valence-electron chi connectivity index (χ1n) is 8.94. The van der Waals surface area contributed by atoms with E-state index in [-0.39, 0.29) is 35.3 Å². The molecule has 0 atom stereocenters. The van der Waals surface area contributed by atoms with Crippen LogP contribution in [0, 0.1) is 6.92 Å². The SMILES string of the molecule is COc1cc(N=Nc2ccc(S(=O)(=O)CCOSOOO)cc2)c(C)cc1NCS(=O)(=O)O. The Morgan fingerprint density at radius 3 is 2.39 bits per heavy atom. The van der Waals surface area contributed by atoms with Crippen LogP contribution in [0.25, 0.3) is 0 Å². The maximum Gasteiger partial charge on any atom is 0.283 e. The molecule has 2 aromatic carbocycles. The number of azo groups is 1. The van der Waals surface area contributed by atoms with Gasteiger partial charge in [-0.2, -0.15) is 18.6 Å². The van der Waals surface area contributed by atoms with Gasteiger partial charge >= 0.3 is 0 Å². The minimum atomic E-state index is -4.22. The van der Waals surface area contributed by atoms with Gasteiger partial charge in [0.15, 0.2) is 22.2 Å². The number of hydrogen-bond donors (Lipinski definition) is 3. The fourth-order valence-corrected chi connectivity index (χ4v) is 4.17. The number of ether oxygens (including phenoxy) is 1. The van der Waals surface area contributed by atoms with Crippen LogP contribution in [0.1, 0.15) is 5.56 Å². The molecule has 182 valence electrons. The third-order valence-electron chi connectivity index (χ3n) is 3.97. The van der Waals surface area contributed by atoms with E-state index >= 15 is 0 Å². The van der Waals surface area contributed by atoms with Gasteiger partial charge in [-0.3, -0.25) is 8.74 Å². The Kier molecular flexibility index (Phi) is 9.99. The molecule has 0 fully saturated rings. The number of anilines is 1. The van der Waals surface area contributed by atoms with Crippen molar-refractivity contribution in [3.05, 3.63) is 42.0 Å². The molecule has 3 N–H and O–H groups in total. The number of benzene rings is 2. The van der Waals surface area contributed by atoms with Gasteiger partial charge in [0.2, 0.25) is 0 Å². The largest absolute Gasteiger partial charge is 0.495 e. The smallest absolute Gasteiger partial charge is 0.283 e. The van der Waals surface area contributed by atoms with E-state index in [2.05, 4.69) is 24.9 Å². The van der Waals surface area contributed by atoms with Gasteiger partial charge in [0, 0.05) is 6.07 Å². The van der Waals surface area contributed by atoms with Gasteiger partial charge in [-0.15, -0.1) is 4.33 Å². The topological polar surface area (TPSA) is 182 Å². The highest BCUT2D eigenvalue weighted by Gasteiger charge is 2.15. The van der Waals surface area contributed by atoms with Crippen molar-refractivity contribution >= 4 is 49.3 Å². The first kappa shape index (κ1) is 26.9. The Morgan fingerprint density at radius 1 is 1.09 bits per heavy atom. The van der Waals surface area contributed by atoms with Crippen LogP contribution in [0.4, 0.5) is 17.1 Å². The molecular formula is C17H21N3O10S3. The van der Waals surface area contributed by atoms with Gasteiger partial charge in [0.05, 0.1) is 41.4 Å². The van der Waals surface area contributed by atoms with Crippen LogP contribution >= 0.6 is 12.3 Å². The Hall–Kier alpha value is -2.31. The lowest BCUT2D eigenvalue weighted by atomic mass is 10.1. The molecule has 0 bridgehead atoms. The lowest BCUT2D eigenvalue weighted by Crippen LogP contribution is -2.13. The van der Waals surface area contributed by atoms with E-state index in [1.165, 1.54) is 37.4 Å². The van der Waals surface area contributed by atoms with Crippen LogP contribution in [-0.4, -0.2) is 52.0 Å². The second kappa shape index (κ2) is 12.2. The molecule has 0 amide bonds. The van der Waals surface area contributed by atoms with Crippen LogP contribution in [0.2, 0.25) is 0 Å². The van der Waals surface area contributed by atoms with Crippen molar-refractivity contribution < 1.29 is 44.9 Å². The third-order valence-corrected chi connectivity index (χ3v) is 6.56. The van der Waals surface area contributed by atoms with Crippen molar-refractivity contribution in [2.45, 2.75) is 11.8 Å². The molecule has 0 aliphatic rings. The van der Waals surface area contributed by atoms with E-state index in [4.69, 9.17) is 18.7 Å². The van der Waals surface area contributed by atoms with Gasteiger partial charge in [-0.05, 0) is 42.8 Å². The number of hydrogen-bond acceptors (Lipinski definition) is 13. The summed E-state index contributed by atoms with van der Waals surface area (Å²) in [6, 6.07) is 8.83. The van der Waals surface area contributed by atoms with Crippen molar-refractivity contribution in [2.75, 3.05) is 30.7 Å². The summed E-state index contributed by atoms with van der Waals surface area (Å²) in [6.07, 6.45) is 0. The van der Waals surface area contributed by atoms with E-state index < -0.39 is 25.8 Å². The van der Waals surface area contributed by atoms with E-state index in [1.54, 1.807) is 13.0 Å². The highest BCUT2D eigenvalue weighted by molar-refractivity contribution is 7.91. The minimum Gasteiger partial charge on any atom is -0.495 e. The molecule has 33 heavy (non-hydrogen) atoms. The number of sulfone groups is 1. The first-order chi connectivity index (χ1) is 15.6. The number of aryl methyl sites for hydroxylation is 1. The monoisotopic (exact) mass is 523 g/mol. The fraction of sp³-hybridized carbons (Fsp3) is 0.294. The quantitative estimate of drug-likeness (QED) is 0.0869. The molecule has 0 heterocycles. The first-order valence-corrected chi connectivity index (χ1v) is 12.9. The van der Waals surface area contributed by atoms with Crippen molar-refractivity contribution in [1.82, 2.24) is 0 Å². The Bertz CT molecular complexity index is 1170. The summed E-state index contributed by atoms with van der Waals surface area (Å²) in [5, 5.41) is 22.0. The molecule has 0 saturated heterocycles. The van der Waals surface area contributed by atoms with E-state index in [9.17, 15) is 16.8 Å². The average Bonchev–Trinajstić information content (AvgIpc) is 2.76. The number of nitrogens with one attached hydrogen (secondary N) is 1. The van der Waals surface area contributed by atoms with Gasteiger partial charge in [0.1, 0.15) is 11.6 Å². The zero-order valence-corrected chi connectivity index (χ0v) is 19.8. The molecule has 16 heteroatoms. The number of methoxy groups -OCH3 is 1.